The fourth-order valence-corrected chi connectivity index (χ4v) is 4.26. The number of rotatable bonds is 6. The van der Waals surface area contributed by atoms with Gasteiger partial charge in [0, 0.05) is 23.2 Å². The van der Waals surface area contributed by atoms with Crippen LogP contribution in [0.25, 0.3) is 0 Å². The smallest absolute Gasteiger partial charge is 0.258 e. The molecule has 0 unspecified atom stereocenters. The minimum atomic E-state index is -1.25. The van der Waals surface area contributed by atoms with Gasteiger partial charge in [0.1, 0.15) is 0 Å². The minimum Gasteiger partial charge on any atom is -0.298 e. The summed E-state index contributed by atoms with van der Waals surface area (Å²) < 4.78 is 38.4. The van der Waals surface area contributed by atoms with Crippen LogP contribution >= 0.6 is 11.3 Å². The normalized spacial score (nSPS) is 12.0. The van der Waals surface area contributed by atoms with E-state index in [0.717, 1.165) is 17.0 Å². The molecule has 0 aliphatic rings. The molecule has 1 N–H and O–H groups in total. The van der Waals surface area contributed by atoms with Crippen LogP contribution in [0.2, 0.25) is 0 Å². The van der Waals surface area contributed by atoms with Gasteiger partial charge in [-0.15, -0.1) is 11.3 Å². The number of aromatic nitrogens is 1. The number of nitrogens with zero attached hydrogens (tertiary/aromatic N) is 1. The van der Waals surface area contributed by atoms with Crippen LogP contribution in [-0.4, -0.2) is 20.9 Å². The van der Waals surface area contributed by atoms with Crippen LogP contribution in [0.4, 0.5) is 13.9 Å². The van der Waals surface area contributed by atoms with Gasteiger partial charge in [-0.05, 0) is 29.8 Å². The zero-order chi connectivity index (χ0) is 19.4. The molecule has 140 valence electrons. The highest BCUT2D eigenvalue weighted by molar-refractivity contribution is 7.85. The summed E-state index contributed by atoms with van der Waals surface area (Å²) in [5.74, 6) is -1.76. The molecule has 0 aliphatic heterocycles. The number of amides is 1. The monoisotopic (exact) mass is 406 g/mol. The van der Waals surface area contributed by atoms with Gasteiger partial charge in [0.15, 0.2) is 16.8 Å². The standard InChI is InChI=1S/C19H16F2N2O2S2/c1-2-27(25)17-6-4-3-5-14(17)18(24)23-19-22-11-13(26-19)9-12-7-8-15(20)16(21)10-12/h3-8,10-11H,2,9H2,1H3,(H,22,23,24)/t27-/m1/s1. The third-order valence-electron chi connectivity index (χ3n) is 3.78. The molecule has 0 fully saturated rings. The van der Waals surface area contributed by atoms with Crippen molar-refractivity contribution < 1.29 is 17.8 Å². The molecule has 4 nitrogen and oxygen atoms in total. The van der Waals surface area contributed by atoms with Gasteiger partial charge in [0.25, 0.3) is 5.91 Å². The number of halogens is 2. The molecule has 0 radical (unpaired) electrons. The van der Waals surface area contributed by atoms with Crippen molar-refractivity contribution in [2.24, 2.45) is 0 Å². The molecule has 1 aromatic heterocycles. The summed E-state index contributed by atoms with van der Waals surface area (Å²) in [5, 5.41) is 3.09. The Hall–Kier alpha value is -2.45. The van der Waals surface area contributed by atoms with E-state index < -0.39 is 22.4 Å². The summed E-state index contributed by atoms with van der Waals surface area (Å²) in [7, 11) is -1.25. The van der Waals surface area contributed by atoms with Gasteiger partial charge in [-0.2, -0.15) is 0 Å². The van der Waals surface area contributed by atoms with Crippen LogP contribution in [0, 0.1) is 11.6 Å². The van der Waals surface area contributed by atoms with Crippen LogP contribution in [0.15, 0.2) is 53.6 Å². The van der Waals surface area contributed by atoms with E-state index >= 15 is 0 Å². The lowest BCUT2D eigenvalue weighted by Crippen LogP contribution is -2.15. The lowest BCUT2D eigenvalue weighted by molar-refractivity contribution is 0.102. The van der Waals surface area contributed by atoms with Crippen molar-refractivity contribution in [3.63, 3.8) is 0 Å². The van der Waals surface area contributed by atoms with E-state index in [-0.39, 0.29) is 5.91 Å². The van der Waals surface area contributed by atoms with Crippen LogP contribution in [0.1, 0.15) is 27.7 Å². The van der Waals surface area contributed by atoms with Crippen molar-refractivity contribution >= 4 is 33.2 Å². The molecule has 0 bridgehead atoms. The quantitative estimate of drug-likeness (QED) is 0.660. The fourth-order valence-electron chi connectivity index (χ4n) is 2.47. The molecule has 0 saturated heterocycles. The molecule has 0 spiro atoms. The second kappa shape index (κ2) is 8.49. The summed E-state index contributed by atoms with van der Waals surface area (Å²) in [6, 6.07) is 10.5. The third-order valence-corrected chi connectivity index (χ3v) is 6.06. The number of thiazole rings is 1. The van der Waals surface area contributed by atoms with Crippen LogP contribution in [0.5, 0.6) is 0 Å². The van der Waals surface area contributed by atoms with E-state index in [4.69, 9.17) is 0 Å². The SMILES string of the molecule is CC[S@@](=O)c1ccccc1C(=O)Nc1ncc(Cc2ccc(F)c(F)c2)s1. The van der Waals surface area contributed by atoms with Gasteiger partial charge in [-0.3, -0.25) is 14.3 Å². The number of hydrogen-bond acceptors (Lipinski definition) is 4. The molecular weight excluding hydrogens is 390 g/mol. The van der Waals surface area contributed by atoms with E-state index in [1.807, 2.05) is 0 Å². The predicted molar refractivity (Wildman–Crippen MR) is 103 cm³/mol. The van der Waals surface area contributed by atoms with Gasteiger partial charge < -0.3 is 0 Å². The van der Waals surface area contributed by atoms with Gasteiger partial charge in [0.05, 0.1) is 21.3 Å². The van der Waals surface area contributed by atoms with Gasteiger partial charge >= 0.3 is 0 Å². The number of anilines is 1. The lowest BCUT2D eigenvalue weighted by atomic mass is 10.1. The van der Waals surface area contributed by atoms with Gasteiger partial charge in [-0.25, -0.2) is 13.8 Å². The maximum atomic E-state index is 13.3. The predicted octanol–water partition coefficient (Wildman–Crippen LogP) is 4.39. The highest BCUT2D eigenvalue weighted by Crippen LogP contribution is 2.23. The highest BCUT2D eigenvalue weighted by atomic mass is 32.2. The molecule has 1 heterocycles. The van der Waals surface area contributed by atoms with E-state index in [1.54, 1.807) is 37.4 Å². The number of nitrogens with one attached hydrogen (secondary N) is 1. The summed E-state index contributed by atoms with van der Waals surface area (Å²) in [5.41, 5.74) is 0.953. The number of hydrogen-bond donors (Lipinski definition) is 1. The average Bonchev–Trinajstić information content (AvgIpc) is 3.10. The highest BCUT2D eigenvalue weighted by Gasteiger charge is 2.16. The molecule has 2 aromatic carbocycles. The van der Waals surface area contributed by atoms with E-state index in [9.17, 15) is 17.8 Å². The first-order valence-corrected chi connectivity index (χ1v) is 10.3. The topological polar surface area (TPSA) is 59.1 Å². The Morgan fingerprint density at radius 2 is 1.96 bits per heavy atom. The number of carbonyl (C=O) groups excluding carboxylic acids is 1. The molecule has 3 aromatic rings. The van der Waals surface area contributed by atoms with Gasteiger partial charge in [0.2, 0.25) is 0 Å². The van der Waals surface area contributed by atoms with Crippen molar-refractivity contribution in [2.75, 3.05) is 11.1 Å². The Morgan fingerprint density at radius 3 is 2.70 bits per heavy atom. The molecular formula is C19H16F2N2O2S2. The zero-order valence-electron chi connectivity index (χ0n) is 14.4. The second-order valence-corrected chi connectivity index (χ2v) is 8.46. The second-order valence-electron chi connectivity index (χ2n) is 5.64. The summed E-state index contributed by atoms with van der Waals surface area (Å²) in [6.45, 7) is 1.79. The number of carbonyl (C=O) groups is 1. The van der Waals surface area contributed by atoms with E-state index in [1.165, 1.54) is 17.4 Å². The summed E-state index contributed by atoms with van der Waals surface area (Å²) in [4.78, 5) is 18.0. The average molecular weight is 406 g/mol. The molecule has 1 amide bonds. The Bertz CT molecular complexity index is 1000. The molecule has 0 aliphatic carbocycles. The van der Waals surface area contributed by atoms with Crippen molar-refractivity contribution in [3.8, 4) is 0 Å². The molecule has 27 heavy (non-hydrogen) atoms. The Balaban J connectivity index is 1.73. The molecule has 8 heteroatoms. The largest absolute Gasteiger partial charge is 0.298 e. The molecule has 3 rings (SSSR count). The van der Waals surface area contributed by atoms with Crippen molar-refractivity contribution in [1.82, 2.24) is 4.98 Å². The van der Waals surface area contributed by atoms with Crippen LogP contribution < -0.4 is 5.32 Å². The minimum absolute atomic E-state index is 0.343. The van der Waals surface area contributed by atoms with E-state index in [0.29, 0.717) is 33.3 Å². The first-order valence-electron chi connectivity index (χ1n) is 8.15. The molecule has 1 atom stereocenters. The first kappa shape index (κ1) is 19.3. The maximum Gasteiger partial charge on any atom is 0.258 e. The van der Waals surface area contributed by atoms with Crippen molar-refractivity contribution in [1.29, 1.82) is 0 Å². The Labute approximate surface area is 161 Å². The summed E-state index contributed by atoms with van der Waals surface area (Å²) in [6.07, 6.45) is 1.96. The van der Waals surface area contributed by atoms with Crippen LogP contribution in [-0.2, 0) is 17.2 Å². The number of benzene rings is 2. The molecule has 0 saturated carbocycles. The fraction of sp³-hybridized carbons (Fsp3) is 0.158. The van der Waals surface area contributed by atoms with Crippen molar-refractivity contribution in [2.45, 2.75) is 18.2 Å². The van der Waals surface area contributed by atoms with E-state index in [2.05, 4.69) is 10.3 Å². The lowest BCUT2D eigenvalue weighted by Gasteiger charge is -2.07. The van der Waals surface area contributed by atoms with Crippen LogP contribution in [0.3, 0.4) is 0 Å². The summed E-state index contributed by atoms with van der Waals surface area (Å²) >= 11 is 1.25. The first-order chi connectivity index (χ1) is 13.0. The Morgan fingerprint density at radius 1 is 1.19 bits per heavy atom. The zero-order valence-corrected chi connectivity index (χ0v) is 16.0. The van der Waals surface area contributed by atoms with Gasteiger partial charge in [-0.1, -0.05) is 25.1 Å². The third kappa shape index (κ3) is 4.64. The van der Waals surface area contributed by atoms with Crippen molar-refractivity contribution in [3.05, 3.63) is 76.3 Å². The Kier molecular flexibility index (Phi) is 6.08. The maximum absolute atomic E-state index is 13.3.